The molecule has 0 aromatic heterocycles. The molecule has 0 aromatic carbocycles. The second kappa shape index (κ2) is 6.35. The summed E-state index contributed by atoms with van der Waals surface area (Å²) >= 11 is 0. The minimum Gasteiger partial charge on any atom is -0.379 e. The lowest BCUT2D eigenvalue weighted by molar-refractivity contribution is 0.117. The molecule has 2 unspecified atom stereocenters. The molecule has 0 bridgehead atoms. The number of hydrogen-bond acceptors (Lipinski definition) is 3. The van der Waals surface area contributed by atoms with Crippen LogP contribution in [0.1, 0.15) is 26.7 Å². The third-order valence-corrected chi connectivity index (χ3v) is 1.91. The Kier molecular flexibility index (Phi) is 5.35. The maximum atomic E-state index is 5.18. The third kappa shape index (κ3) is 6.99. The van der Waals surface area contributed by atoms with Gasteiger partial charge in [0, 0.05) is 6.61 Å². The predicted octanol–water partition coefficient (Wildman–Crippen LogP) is 1.61. The van der Waals surface area contributed by atoms with E-state index in [0.29, 0.717) is 12.2 Å². The van der Waals surface area contributed by atoms with Gasteiger partial charge in [-0.2, -0.15) is 0 Å². The zero-order valence-electron chi connectivity index (χ0n) is 8.62. The Balaban J connectivity index is 0.000000145. The molecule has 2 aliphatic heterocycles. The fourth-order valence-electron chi connectivity index (χ4n) is 0.827. The zero-order valence-corrected chi connectivity index (χ0v) is 8.62. The van der Waals surface area contributed by atoms with Crippen LogP contribution in [0.2, 0.25) is 0 Å². The lowest BCUT2D eigenvalue weighted by atomic mass is 10.4. The molecule has 2 saturated heterocycles. The number of hydrogen-bond donors (Lipinski definition) is 0. The molecule has 2 aliphatic rings. The van der Waals surface area contributed by atoms with Crippen LogP contribution in [0.3, 0.4) is 0 Å². The summed E-state index contributed by atoms with van der Waals surface area (Å²) in [5.74, 6) is 0. The highest BCUT2D eigenvalue weighted by molar-refractivity contribution is 4.66. The Morgan fingerprint density at radius 1 is 1.15 bits per heavy atom. The highest BCUT2D eigenvalue weighted by Crippen LogP contribution is 2.10. The maximum absolute atomic E-state index is 5.18. The summed E-state index contributed by atoms with van der Waals surface area (Å²) in [4.78, 5) is 0. The second-order valence-corrected chi connectivity index (χ2v) is 3.39. The second-order valence-electron chi connectivity index (χ2n) is 3.39. The highest BCUT2D eigenvalue weighted by Gasteiger charge is 2.21. The average molecular weight is 188 g/mol. The van der Waals surface area contributed by atoms with Crippen molar-refractivity contribution in [2.75, 3.05) is 26.4 Å². The molecule has 13 heavy (non-hydrogen) atoms. The van der Waals surface area contributed by atoms with Crippen LogP contribution in [-0.2, 0) is 14.2 Å². The van der Waals surface area contributed by atoms with Crippen molar-refractivity contribution in [3.63, 3.8) is 0 Å². The molecule has 3 nitrogen and oxygen atoms in total. The molecule has 0 saturated carbocycles. The average Bonchev–Trinajstić information content (AvgIpc) is 3.02. The lowest BCUT2D eigenvalue weighted by Gasteiger charge is -1.95. The smallest absolute Gasteiger partial charge is 0.104 e. The van der Waals surface area contributed by atoms with Crippen molar-refractivity contribution >= 4 is 0 Å². The van der Waals surface area contributed by atoms with Crippen LogP contribution in [0.25, 0.3) is 0 Å². The van der Waals surface area contributed by atoms with Crippen molar-refractivity contribution in [3.05, 3.63) is 0 Å². The molecule has 2 atom stereocenters. The Labute approximate surface area is 80.4 Å². The molecule has 78 valence electrons. The summed E-state index contributed by atoms with van der Waals surface area (Å²) in [6.45, 7) is 7.83. The van der Waals surface area contributed by atoms with E-state index < -0.39 is 0 Å². The quantitative estimate of drug-likeness (QED) is 0.485. The largest absolute Gasteiger partial charge is 0.379 e. The summed E-state index contributed by atoms with van der Waals surface area (Å²) in [7, 11) is 0. The normalized spacial score (nSPS) is 29.1. The van der Waals surface area contributed by atoms with E-state index in [-0.39, 0.29) is 0 Å². The fourth-order valence-corrected chi connectivity index (χ4v) is 0.827. The summed E-state index contributed by atoms with van der Waals surface area (Å²) in [5, 5.41) is 0. The van der Waals surface area contributed by atoms with E-state index in [1.807, 2.05) is 0 Å². The van der Waals surface area contributed by atoms with Crippen LogP contribution >= 0.6 is 0 Å². The van der Waals surface area contributed by atoms with E-state index >= 15 is 0 Å². The van der Waals surface area contributed by atoms with Crippen LogP contribution in [0, 0.1) is 0 Å². The molecule has 0 spiro atoms. The molecule has 2 heterocycles. The first-order valence-electron chi connectivity index (χ1n) is 5.17. The standard InChI is InChI=1S/C6H12O2.C4H8O/c1-2-3-7-4-6-5-8-6;1-2-4-3-5-4/h6H,2-5H2,1H3;4H,2-3H2,1H3. The van der Waals surface area contributed by atoms with Gasteiger partial charge < -0.3 is 14.2 Å². The summed E-state index contributed by atoms with van der Waals surface area (Å²) in [6, 6.07) is 0. The van der Waals surface area contributed by atoms with Gasteiger partial charge in [0.25, 0.3) is 0 Å². The molecule has 3 heteroatoms. The lowest BCUT2D eigenvalue weighted by Crippen LogP contribution is -2.01. The molecule has 0 aromatic rings. The zero-order chi connectivity index (χ0) is 9.52. The van der Waals surface area contributed by atoms with Gasteiger partial charge in [-0.3, -0.25) is 0 Å². The first kappa shape index (κ1) is 11.0. The summed E-state index contributed by atoms with van der Waals surface area (Å²) < 4.78 is 15.0. The Morgan fingerprint density at radius 2 is 1.77 bits per heavy atom. The Bertz CT molecular complexity index is 119. The minimum atomic E-state index is 0.432. The third-order valence-electron chi connectivity index (χ3n) is 1.91. The molecule has 2 fully saturated rings. The van der Waals surface area contributed by atoms with E-state index in [2.05, 4.69) is 13.8 Å². The van der Waals surface area contributed by atoms with Gasteiger partial charge in [-0.1, -0.05) is 13.8 Å². The number of epoxide rings is 2. The van der Waals surface area contributed by atoms with Gasteiger partial charge in [0.2, 0.25) is 0 Å². The van der Waals surface area contributed by atoms with E-state index in [1.54, 1.807) is 0 Å². The molecule has 0 radical (unpaired) electrons. The fraction of sp³-hybridized carbons (Fsp3) is 1.00. The van der Waals surface area contributed by atoms with E-state index in [9.17, 15) is 0 Å². The SMILES string of the molecule is CCC1CO1.CCCOCC1CO1. The number of ether oxygens (including phenoxy) is 3. The molecular formula is C10H20O3. The van der Waals surface area contributed by atoms with Crippen LogP contribution in [0.5, 0.6) is 0 Å². The Morgan fingerprint density at radius 3 is 2.08 bits per heavy atom. The predicted molar refractivity (Wildman–Crippen MR) is 50.9 cm³/mol. The van der Waals surface area contributed by atoms with Crippen molar-refractivity contribution in [2.45, 2.75) is 38.9 Å². The Hall–Kier alpha value is -0.120. The van der Waals surface area contributed by atoms with Gasteiger partial charge in [-0.15, -0.1) is 0 Å². The van der Waals surface area contributed by atoms with Gasteiger partial charge in [0.15, 0.2) is 0 Å². The molecule has 0 N–H and O–H groups in total. The van der Waals surface area contributed by atoms with E-state index in [0.717, 1.165) is 32.8 Å². The highest BCUT2D eigenvalue weighted by atomic mass is 16.6. The van der Waals surface area contributed by atoms with Gasteiger partial charge in [-0.25, -0.2) is 0 Å². The maximum Gasteiger partial charge on any atom is 0.104 e. The van der Waals surface area contributed by atoms with Gasteiger partial charge in [0.1, 0.15) is 6.10 Å². The minimum absolute atomic E-state index is 0.432. The van der Waals surface area contributed by atoms with E-state index in [1.165, 1.54) is 6.42 Å². The van der Waals surface area contributed by atoms with E-state index in [4.69, 9.17) is 14.2 Å². The summed E-state index contributed by atoms with van der Waals surface area (Å²) in [5.41, 5.74) is 0. The van der Waals surface area contributed by atoms with Crippen LogP contribution in [0.15, 0.2) is 0 Å². The van der Waals surface area contributed by atoms with Crippen molar-refractivity contribution < 1.29 is 14.2 Å². The molecule has 0 aliphatic carbocycles. The van der Waals surface area contributed by atoms with Crippen molar-refractivity contribution in [2.24, 2.45) is 0 Å². The van der Waals surface area contributed by atoms with Crippen molar-refractivity contribution in [1.82, 2.24) is 0 Å². The monoisotopic (exact) mass is 188 g/mol. The summed E-state index contributed by atoms with van der Waals surface area (Å²) in [6.07, 6.45) is 3.36. The van der Waals surface area contributed by atoms with Gasteiger partial charge >= 0.3 is 0 Å². The van der Waals surface area contributed by atoms with Crippen molar-refractivity contribution in [3.8, 4) is 0 Å². The molecule has 2 rings (SSSR count). The number of rotatable bonds is 5. The van der Waals surface area contributed by atoms with Gasteiger partial charge in [-0.05, 0) is 12.8 Å². The van der Waals surface area contributed by atoms with Crippen LogP contribution in [-0.4, -0.2) is 38.6 Å². The van der Waals surface area contributed by atoms with Crippen molar-refractivity contribution in [1.29, 1.82) is 0 Å². The van der Waals surface area contributed by atoms with Crippen LogP contribution < -0.4 is 0 Å². The topological polar surface area (TPSA) is 34.3 Å². The molecular weight excluding hydrogens is 168 g/mol. The first-order valence-corrected chi connectivity index (χ1v) is 5.17. The molecule has 0 amide bonds. The van der Waals surface area contributed by atoms with Gasteiger partial charge in [0.05, 0.1) is 25.9 Å². The first-order chi connectivity index (χ1) is 6.36. The van der Waals surface area contributed by atoms with Crippen LogP contribution in [0.4, 0.5) is 0 Å².